The molecule has 178 valence electrons. The summed E-state index contributed by atoms with van der Waals surface area (Å²) in [5.74, 6) is 0.447. The minimum absolute atomic E-state index is 0.107. The van der Waals surface area contributed by atoms with Gasteiger partial charge in [-0.05, 0) is 43.5 Å². The summed E-state index contributed by atoms with van der Waals surface area (Å²) in [6.45, 7) is 8.75. The maximum atomic E-state index is 13.8. The van der Waals surface area contributed by atoms with Crippen LogP contribution in [0, 0.1) is 0 Å². The second-order valence-electron chi connectivity index (χ2n) is 10.6. The van der Waals surface area contributed by atoms with Gasteiger partial charge < -0.3 is 15.0 Å². The van der Waals surface area contributed by atoms with Crippen molar-refractivity contribution in [2.45, 2.75) is 89.9 Å². The number of nitrogens with one attached hydrogen (secondary N) is 1. The molecule has 2 amide bonds. The van der Waals surface area contributed by atoms with E-state index in [1.54, 1.807) is 16.7 Å². The van der Waals surface area contributed by atoms with Gasteiger partial charge in [-0.3, -0.25) is 14.3 Å². The number of carbonyl (C=O) groups is 2. The summed E-state index contributed by atoms with van der Waals surface area (Å²) in [4.78, 5) is 29.2. The van der Waals surface area contributed by atoms with E-state index in [1.807, 2.05) is 37.3 Å². The Labute approximate surface area is 196 Å². The fourth-order valence-electron chi connectivity index (χ4n) is 4.80. The third kappa shape index (κ3) is 4.63. The molecule has 33 heavy (non-hydrogen) atoms. The Morgan fingerprint density at radius 3 is 2.61 bits per heavy atom. The fraction of sp³-hybridized carbons (Fsp3) is 0.577. The van der Waals surface area contributed by atoms with E-state index in [1.165, 1.54) is 6.42 Å². The smallest absolute Gasteiger partial charge is 0.273 e. The van der Waals surface area contributed by atoms with Gasteiger partial charge in [-0.2, -0.15) is 5.10 Å². The van der Waals surface area contributed by atoms with Crippen molar-refractivity contribution in [1.82, 2.24) is 20.0 Å². The first-order valence-electron chi connectivity index (χ1n) is 12.0. The number of aromatic nitrogens is 2. The number of fused-ring (bicyclic) bond motifs is 1. The molecule has 1 fully saturated rings. The number of carbonyl (C=O) groups excluding carboxylic acids is 2. The molecule has 2 aromatic rings. The Hall–Kier alpha value is -2.83. The Balaban J connectivity index is 1.70. The number of nitrogens with zero attached hydrogens (tertiary/aromatic N) is 3. The van der Waals surface area contributed by atoms with Gasteiger partial charge in [0.25, 0.3) is 5.91 Å². The molecule has 0 saturated heterocycles. The Kier molecular flexibility index (Phi) is 6.25. The Bertz CT molecular complexity index is 1030. The summed E-state index contributed by atoms with van der Waals surface area (Å²) >= 11 is 0. The van der Waals surface area contributed by atoms with Crippen LogP contribution in [0.15, 0.2) is 30.3 Å². The summed E-state index contributed by atoms with van der Waals surface area (Å²) < 4.78 is 7.10. The van der Waals surface area contributed by atoms with Gasteiger partial charge in [0.05, 0.1) is 19.3 Å². The van der Waals surface area contributed by atoms with Crippen molar-refractivity contribution in [2.24, 2.45) is 0 Å². The summed E-state index contributed by atoms with van der Waals surface area (Å²) in [5.41, 5.74) is 1.06. The number of methoxy groups -OCH3 is 1. The zero-order chi connectivity index (χ0) is 23.8. The van der Waals surface area contributed by atoms with E-state index in [9.17, 15) is 9.59 Å². The zero-order valence-corrected chi connectivity index (χ0v) is 20.5. The van der Waals surface area contributed by atoms with Crippen molar-refractivity contribution in [3.8, 4) is 5.75 Å². The first kappa shape index (κ1) is 23.3. The third-order valence-electron chi connectivity index (χ3n) is 6.97. The highest BCUT2D eigenvalue weighted by Crippen LogP contribution is 2.32. The quantitative estimate of drug-likeness (QED) is 0.742. The number of benzene rings is 1. The maximum Gasteiger partial charge on any atom is 0.273 e. The number of hydrogen-bond acceptors (Lipinski definition) is 4. The summed E-state index contributed by atoms with van der Waals surface area (Å²) in [5, 5.41) is 7.99. The highest BCUT2D eigenvalue weighted by atomic mass is 16.5. The first-order valence-corrected chi connectivity index (χ1v) is 12.0. The molecule has 1 aromatic carbocycles. The minimum atomic E-state index is -1.05. The van der Waals surface area contributed by atoms with Crippen LogP contribution in [-0.2, 0) is 23.3 Å². The van der Waals surface area contributed by atoms with Crippen LogP contribution in [-0.4, -0.2) is 45.2 Å². The predicted molar refractivity (Wildman–Crippen MR) is 127 cm³/mol. The average molecular weight is 453 g/mol. The lowest BCUT2D eigenvalue weighted by molar-refractivity contribution is -0.134. The van der Waals surface area contributed by atoms with E-state index in [4.69, 9.17) is 9.84 Å². The molecule has 1 unspecified atom stereocenters. The van der Waals surface area contributed by atoms with E-state index in [0.717, 1.165) is 42.7 Å². The van der Waals surface area contributed by atoms with Gasteiger partial charge in [0.1, 0.15) is 17.0 Å². The summed E-state index contributed by atoms with van der Waals surface area (Å²) in [7, 11) is 1.62. The molecule has 7 heteroatoms. The number of ether oxygens (including phenoxy) is 1. The molecule has 1 saturated carbocycles. The van der Waals surface area contributed by atoms with Crippen LogP contribution in [0.1, 0.15) is 81.5 Å². The first-order chi connectivity index (χ1) is 15.6. The molecule has 0 radical (unpaired) electrons. The normalized spacial score (nSPS) is 21.6. The van der Waals surface area contributed by atoms with Crippen LogP contribution >= 0.6 is 0 Å². The van der Waals surface area contributed by atoms with E-state index in [-0.39, 0.29) is 23.3 Å². The van der Waals surface area contributed by atoms with Gasteiger partial charge in [0.2, 0.25) is 5.91 Å². The Morgan fingerprint density at radius 2 is 1.94 bits per heavy atom. The highest BCUT2D eigenvalue weighted by Gasteiger charge is 2.48. The number of amides is 2. The molecule has 1 atom stereocenters. The molecule has 2 aliphatic rings. The van der Waals surface area contributed by atoms with Gasteiger partial charge >= 0.3 is 0 Å². The Morgan fingerprint density at radius 1 is 1.21 bits per heavy atom. The SMILES string of the molecule is COc1cccc(CN2C(=O)c3cc(C(C)(C)C)nn3CC2(C)C(=O)NC2CCCCC2)c1. The van der Waals surface area contributed by atoms with Gasteiger partial charge in [-0.1, -0.05) is 52.2 Å². The third-order valence-corrected chi connectivity index (χ3v) is 6.97. The summed E-state index contributed by atoms with van der Waals surface area (Å²) in [6, 6.07) is 9.70. The van der Waals surface area contributed by atoms with E-state index in [2.05, 4.69) is 26.1 Å². The van der Waals surface area contributed by atoms with Gasteiger partial charge in [-0.25, -0.2) is 0 Å². The summed E-state index contributed by atoms with van der Waals surface area (Å²) in [6.07, 6.45) is 5.47. The van der Waals surface area contributed by atoms with Crippen LogP contribution in [0.25, 0.3) is 0 Å². The van der Waals surface area contributed by atoms with Gasteiger partial charge in [0.15, 0.2) is 0 Å². The second-order valence-corrected chi connectivity index (χ2v) is 10.6. The minimum Gasteiger partial charge on any atom is -0.497 e. The lowest BCUT2D eigenvalue weighted by Gasteiger charge is -2.44. The lowest BCUT2D eigenvalue weighted by atomic mass is 9.90. The molecular formula is C26H36N4O3. The van der Waals surface area contributed by atoms with Crippen LogP contribution in [0.4, 0.5) is 0 Å². The van der Waals surface area contributed by atoms with Crippen molar-refractivity contribution in [2.75, 3.05) is 7.11 Å². The number of rotatable bonds is 5. The average Bonchev–Trinajstić information content (AvgIpc) is 3.22. The van der Waals surface area contributed by atoms with Crippen LogP contribution in [0.5, 0.6) is 5.75 Å². The maximum absolute atomic E-state index is 13.8. The number of hydrogen-bond donors (Lipinski definition) is 1. The van der Waals surface area contributed by atoms with Crippen molar-refractivity contribution >= 4 is 11.8 Å². The van der Waals surface area contributed by atoms with Crippen molar-refractivity contribution in [3.63, 3.8) is 0 Å². The molecule has 0 bridgehead atoms. The van der Waals surface area contributed by atoms with Crippen LogP contribution in [0.3, 0.4) is 0 Å². The van der Waals surface area contributed by atoms with E-state index >= 15 is 0 Å². The molecule has 4 rings (SSSR count). The van der Waals surface area contributed by atoms with Crippen LogP contribution < -0.4 is 10.1 Å². The van der Waals surface area contributed by atoms with Gasteiger partial charge in [-0.15, -0.1) is 0 Å². The standard InChI is InChI=1S/C26H36N4O3/c1-25(2,3)22-15-21-23(31)29(16-18-10-9-13-20(14-18)33-5)26(4,17-30(21)28-22)24(32)27-19-11-7-6-8-12-19/h9-10,13-15,19H,6-8,11-12,16-17H2,1-5H3,(H,27,32). The van der Waals surface area contributed by atoms with E-state index < -0.39 is 5.54 Å². The zero-order valence-electron chi connectivity index (χ0n) is 20.5. The molecular weight excluding hydrogens is 416 g/mol. The largest absolute Gasteiger partial charge is 0.497 e. The van der Waals surface area contributed by atoms with Crippen molar-refractivity contribution < 1.29 is 14.3 Å². The van der Waals surface area contributed by atoms with Crippen molar-refractivity contribution in [3.05, 3.63) is 47.3 Å². The molecule has 2 heterocycles. The fourth-order valence-corrected chi connectivity index (χ4v) is 4.80. The van der Waals surface area contributed by atoms with E-state index in [0.29, 0.717) is 18.8 Å². The van der Waals surface area contributed by atoms with Gasteiger partial charge in [0, 0.05) is 18.0 Å². The monoisotopic (exact) mass is 452 g/mol. The predicted octanol–water partition coefficient (Wildman–Crippen LogP) is 4.05. The highest BCUT2D eigenvalue weighted by molar-refractivity contribution is 5.99. The molecule has 0 spiro atoms. The molecule has 1 aliphatic carbocycles. The molecule has 1 aliphatic heterocycles. The van der Waals surface area contributed by atoms with Crippen molar-refractivity contribution in [1.29, 1.82) is 0 Å². The topological polar surface area (TPSA) is 76.5 Å². The molecule has 1 aromatic heterocycles. The lowest BCUT2D eigenvalue weighted by Crippen LogP contribution is -2.64. The second kappa shape index (κ2) is 8.84. The van der Waals surface area contributed by atoms with Crippen LogP contribution in [0.2, 0.25) is 0 Å². The molecule has 1 N–H and O–H groups in total. The molecule has 7 nitrogen and oxygen atoms in total.